The molecule has 2 aromatic heterocycles. The van der Waals surface area contributed by atoms with Gasteiger partial charge in [0.1, 0.15) is 11.6 Å². The molecule has 0 fully saturated rings. The third-order valence-electron chi connectivity index (χ3n) is 4.18. The van der Waals surface area contributed by atoms with Crippen molar-refractivity contribution in [2.24, 2.45) is 0 Å². The molecule has 8 nitrogen and oxygen atoms in total. The molecular formula is C18H16F3N5O3. The molecule has 0 aliphatic carbocycles. The summed E-state index contributed by atoms with van der Waals surface area (Å²) in [5.74, 6) is -0.321. The number of carbonyl (C=O) groups excluding carboxylic acids is 1. The highest BCUT2D eigenvalue weighted by atomic mass is 19.4. The first-order valence-corrected chi connectivity index (χ1v) is 8.39. The maximum Gasteiger partial charge on any atom is 0.416 e. The fourth-order valence-electron chi connectivity index (χ4n) is 2.84. The molecule has 0 aliphatic rings. The van der Waals surface area contributed by atoms with Crippen LogP contribution in [-0.2, 0) is 10.9 Å². The molecule has 1 aromatic carbocycles. The van der Waals surface area contributed by atoms with Gasteiger partial charge < -0.3 is 15.0 Å². The highest BCUT2D eigenvalue weighted by Crippen LogP contribution is 2.37. The highest BCUT2D eigenvalue weighted by Gasteiger charge is 2.35. The van der Waals surface area contributed by atoms with E-state index in [-0.39, 0.29) is 33.8 Å². The van der Waals surface area contributed by atoms with Crippen LogP contribution in [0.25, 0.3) is 10.9 Å². The minimum atomic E-state index is -4.65. The van der Waals surface area contributed by atoms with Crippen molar-refractivity contribution in [2.45, 2.75) is 26.1 Å². The summed E-state index contributed by atoms with van der Waals surface area (Å²) in [7, 11) is 1.19. The number of anilines is 1. The number of rotatable bonds is 4. The molecule has 3 rings (SSSR count). The van der Waals surface area contributed by atoms with E-state index in [1.807, 2.05) is 0 Å². The van der Waals surface area contributed by atoms with Crippen LogP contribution in [-0.4, -0.2) is 33.0 Å². The molecule has 1 unspecified atom stereocenters. The van der Waals surface area contributed by atoms with Gasteiger partial charge in [0.05, 0.1) is 42.0 Å². The second-order valence-corrected chi connectivity index (χ2v) is 6.25. The molecule has 152 valence electrons. The van der Waals surface area contributed by atoms with Gasteiger partial charge in [-0.2, -0.15) is 13.2 Å². The number of nitrogens with one attached hydrogen (secondary N) is 2. The standard InChI is InChI=1S/C18H16F3N5O3/c1-8(24-15-7-22-14(6-23-15)17(28)29-3)10-4-11-13(5-12(10)18(19,20)21)25-9(2)26-16(11)27/h4-8H,1-3H3,(H,23,24)(H,25,26,27). The van der Waals surface area contributed by atoms with E-state index in [1.54, 1.807) is 0 Å². The van der Waals surface area contributed by atoms with Gasteiger partial charge in [0.15, 0.2) is 5.69 Å². The summed E-state index contributed by atoms with van der Waals surface area (Å²) in [5, 5.41) is 2.83. The Morgan fingerprint density at radius 3 is 2.55 bits per heavy atom. The number of aryl methyl sites for hydroxylation is 1. The number of esters is 1. The van der Waals surface area contributed by atoms with E-state index >= 15 is 0 Å². The van der Waals surface area contributed by atoms with E-state index < -0.39 is 29.3 Å². The summed E-state index contributed by atoms with van der Waals surface area (Å²) in [6.07, 6.45) is -2.31. The Balaban J connectivity index is 2.03. The van der Waals surface area contributed by atoms with Crippen molar-refractivity contribution in [1.82, 2.24) is 19.9 Å². The second kappa shape index (κ2) is 7.49. The second-order valence-electron chi connectivity index (χ2n) is 6.25. The first-order valence-electron chi connectivity index (χ1n) is 8.39. The van der Waals surface area contributed by atoms with E-state index in [0.717, 1.165) is 18.3 Å². The minimum absolute atomic E-state index is 0.0411. The number of hydrogen-bond acceptors (Lipinski definition) is 7. The van der Waals surface area contributed by atoms with Crippen molar-refractivity contribution in [3.05, 3.63) is 57.5 Å². The van der Waals surface area contributed by atoms with Crippen molar-refractivity contribution in [3.63, 3.8) is 0 Å². The number of ether oxygens (including phenoxy) is 1. The Labute approximate surface area is 162 Å². The monoisotopic (exact) mass is 407 g/mol. The third kappa shape index (κ3) is 4.18. The van der Waals surface area contributed by atoms with Gasteiger partial charge in [-0.15, -0.1) is 0 Å². The third-order valence-corrected chi connectivity index (χ3v) is 4.18. The molecule has 29 heavy (non-hydrogen) atoms. The number of aromatic nitrogens is 4. The molecule has 2 N–H and O–H groups in total. The van der Waals surface area contributed by atoms with Crippen molar-refractivity contribution >= 4 is 22.7 Å². The van der Waals surface area contributed by atoms with Crippen LogP contribution in [0, 0.1) is 6.92 Å². The maximum absolute atomic E-state index is 13.6. The van der Waals surface area contributed by atoms with Crippen molar-refractivity contribution in [3.8, 4) is 0 Å². The van der Waals surface area contributed by atoms with Gasteiger partial charge in [0.2, 0.25) is 0 Å². The molecule has 0 aliphatic heterocycles. The predicted octanol–water partition coefficient (Wildman–Crippen LogP) is 3.00. The lowest BCUT2D eigenvalue weighted by Crippen LogP contribution is -2.18. The summed E-state index contributed by atoms with van der Waals surface area (Å²) >= 11 is 0. The van der Waals surface area contributed by atoms with E-state index in [4.69, 9.17) is 0 Å². The Bertz CT molecular complexity index is 1130. The van der Waals surface area contributed by atoms with E-state index in [1.165, 1.54) is 27.2 Å². The molecule has 0 bridgehead atoms. The highest BCUT2D eigenvalue weighted by molar-refractivity contribution is 5.86. The Hall–Kier alpha value is -3.50. The fraction of sp³-hybridized carbons (Fsp3) is 0.278. The number of carbonyl (C=O) groups is 1. The lowest BCUT2D eigenvalue weighted by atomic mass is 9.98. The zero-order valence-electron chi connectivity index (χ0n) is 15.6. The number of aromatic amines is 1. The lowest BCUT2D eigenvalue weighted by molar-refractivity contribution is -0.138. The SMILES string of the molecule is COC(=O)c1cnc(NC(C)c2cc3c(=O)[nH]c(C)nc3cc2C(F)(F)F)cn1. The van der Waals surface area contributed by atoms with Gasteiger partial charge in [0.25, 0.3) is 5.56 Å². The zero-order chi connectivity index (χ0) is 21.3. The molecular weight excluding hydrogens is 391 g/mol. The number of H-pyrrole nitrogens is 1. The number of hydrogen-bond donors (Lipinski definition) is 2. The quantitative estimate of drug-likeness (QED) is 0.640. The number of benzene rings is 1. The van der Waals surface area contributed by atoms with Crippen molar-refractivity contribution in [2.75, 3.05) is 12.4 Å². The van der Waals surface area contributed by atoms with Crippen LogP contribution in [0.5, 0.6) is 0 Å². The van der Waals surface area contributed by atoms with Gasteiger partial charge in [-0.3, -0.25) is 4.79 Å². The van der Waals surface area contributed by atoms with Gasteiger partial charge in [0, 0.05) is 0 Å². The van der Waals surface area contributed by atoms with Gasteiger partial charge >= 0.3 is 12.1 Å². The summed E-state index contributed by atoms with van der Waals surface area (Å²) in [5.41, 5.74) is -1.68. The van der Waals surface area contributed by atoms with Crippen molar-refractivity contribution in [1.29, 1.82) is 0 Å². The summed E-state index contributed by atoms with van der Waals surface area (Å²) in [6, 6.07) is 1.14. The summed E-state index contributed by atoms with van der Waals surface area (Å²) < 4.78 is 45.4. The van der Waals surface area contributed by atoms with Crippen LogP contribution in [0.2, 0.25) is 0 Å². The Morgan fingerprint density at radius 2 is 1.97 bits per heavy atom. The normalized spacial score (nSPS) is 12.6. The number of alkyl halides is 3. The van der Waals surface area contributed by atoms with Crippen molar-refractivity contribution < 1.29 is 22.7 Å². The molecule has 0 spiro atoms. The largest absolute Gasteiger partial charge is 0.464 e. The van der Waals surface area contributed by atoms with E-state index in [2.05, 4.69) is 30.0 Å². The number of nitrogens with zero attached hydrogens (tertiary/aromatic N) is 3. The van der Waals surface area contributed by atoms with Gasteiger partial charge in [-0.1, -0.05) is 0 Å². The van der Waals surface area contributed by atoms with Crippen LogP contribution >= 0.6 is 0 Å². The summed E-state index contributed by atoms with van der Waals surface area (Å²) in [6.45, 7) is 2.98. The first kappa shape index (κ1) is 20.2. The van der Waals surface area contributed by atoms with Crippen LogP contribution in [0.4, 0.5) is 19.0 Å². The van der Waals surface area contributed by atoms with Gasteiger partial charge in [-0.05, 0) is 31.5 Å². The Morgan fingerprint density at radius 1 is 1.24 bits per heavy atom. The fourth-order valence-corrected chi connectivity index (χ4v) is 2.84. The Kier molecular flexibility index (Phi) is 5.23. The molecule has 0 radical (unpaired) electrons. The van der Waals surface area contributed by atoms with Gasteiger partial charge in [-0.25, -0.2) is 19.7 Å². The molecule has 0 amide bonds. The maximum atomic E-state index is 13.6. The first-order chi connectivity index (χ1) is 13.6. The number of halogens is 3. The molecule has 2 heterocycles. The average molecular weight is 407 g/mol. The van der Waals surface area contributed by atoms with Crippen LogP contribution in [0.15, 0.2) is 29.3 Å². The molecule has 1 atom stereocenters. The molecule has 11 heteroatoms. The zero-order valence-corrected chi connectivity index (χ0v) is 15.6. The number of methoxy groups -OCH3 is 1. The predicted molar refractivity (Wildman–Crippen MR) is 97.5 cm³/mol. The molecule has 0 saturated carbocycles. The summed E-state index contributed by atoms with van der Waals surface area (Å²) in [4.78, 5) is 37.8. The van der Waals surface area contributed by atoms with Crippen LogP contribution in [0.3, 0.4) is 0 Å². The minimum Gasteiger partial charge on any atom is -0.464 e. The number of fused-ring (bicyclic) bond motifs is 1. The topological polar surface area (TPSA) is 110 Å². The van der Waals surface area contributed by atoms with Crippen LogP contribution < -0.4 is 10.9 Å². The smallest absolute Gasteiger partial charge is 0.416 e. The lowest BCUT2D eigenvalue weighted by Gasteiger charge is -2.20. The average Bonchev–Trinajstić information content (AvgIpc) is 2.66. The van der Waals surface area contributed by atoms with Crippen LogP contribution in [0.1, 0.15) is 40.4 Å². The van der Waals surface area contributed by atoms with E-state index in [0.29, 0.717) is 0 Å². The van der Waals surface area contributed by atoms with E-state index in [9.17, 15) is 22.8 Å². The molecule has 0 saturated heterocycles. The molecule has 3 aromatic rings.